The van der Waals surface area contributed by atoms with E-state index in [9.17, 15) is 0 Å². The van der Waals surface area contributed by atoms with Crippen molar-refractivity contribution in [3.63, 3.8) is 0 Å². The van der Waals surface area contributed by atoms with Crippen LogP contribution in [0.4, 0.5) is 0 Å². The highest BCUT2D eigenvalue weighted by Gasteiger charge is 2.21. The topological polar surface area (TPSA) is 42.5 Å². The fourth-order valence-electron chi connectivity index (χ4n) is 2.55. The Bertz CT molecular complexity index is 581. The van der Waals surface area contributed by atoms with Gasteiger partial charge in [-0.3, -0.25) is 0 Å². The van der Waals surface area contributed by atoms with Gasteiger partial charge in [0.05, 0.1) is 12.1 Å². The molecule has 0 bridgehead atoms. The summed E-state index contributed by atoms with van der Waals surface area (Å²) < 4.78 is 12.7. The molecule has 2 aromatic carbocycles. The summed E-state index contributed by atoms with van der Waals surface area (Å²) in [6, 6.07) is 15.8. The van der Waals surface area contributed by atoms with Gasteiger partial charge in [0.25, 0.3) is 0 Å². The lowest BCUT2D eigenvalue weighted by Crippen LogP contribution is -2.58. The first-order valence-electron chi connectivity index (χ1n) is 7.92. The van der Waals surface area contributed by atoms with Gasteiger partial charge in [0.2, 0.25) is 0 Å². The molecule has 0 saturated carbocycles. The van der Waals surface area contributed by atoms with Gasteiger partial charge in [0.15, 0.2) is 0 Å². The van der Waals surface area contributed by atoms with Crippen molar-refractivity contribution in [2.24, 2.45) is 0 Å². The first-order chi connectivity index (χ1) is 11.7. The Morgan fingerprint density at radius 3 is 1.92 bits per heavy atom. The molecule has 1 aliphatic rings. The van der Waals surface area contributed by atoms with E-state index in [1.165, 1.54) is 0 Å². The molecule has 24 heavy (non-hydrogen) atoms. The Labute approximate surface area is 155 Å². The molecule has 1 saturated heterocycles. The van der Waals surface area contributed by atoms with Crippen molar-refractivity contribution in [1.29, 1.82) is 0 Å². The van der Waals surface area contributed by atoms with Gasteiger partial charge < -0.3 is 20.1 Å². The Kier molecular flexibility index (Phi) is 6.37. The van der Waals surface area contributed by atoms with E-state index in [1.54, 1.807) is 0 Å². The zero-order valence-corrected chi connectivity index (χ0v) is 15.5. The number of benzene rings is 2. The summed E-state index contributed by atoms with van der Waals surface area (Å²) >= 11 is 9.30. The number of piperazine rings is 1. The van der Waals surface area contributed by atoms with E-state index in [0.717, 1.165) is 29.1 Å². The molecule has 128 valence electrons. The molecule has 1 aliphatic heterocycles. The highest BCUT2D eigenvalue weighted by molar-refractivity contribution is 9.10. The van der Waals surface area contributed by atoms with Gasteiger partial charge in [-0.15, -0.1) is 0 Å². The summed E-state index contributed by atoms with van der Waals surface area (Å²) in [5.74, 6) is 1.70. The summed E-state index contributed by atoms with van der Waals surface area (Å²) in [5.41, 5.74) is 0. The molecule has 0 aliphatic carbocycles. The standard InChI is InChI=1S/C18H20BrClN2O2/c19-13-1-5-17(6-2-13)23-11-15-9-21-10-16(22-15)12-24-18-7-3-14(20)4-8-18/h1-8,15-16,21-22H,9-12H2/t15-,16-/m1/s1. The molecule has 4 nitrogen and oxygen atoms in total. The Hall–Kier alpha value is -1.27. The van der Waals surface area contributed by atoms with Crippen molar-refractivity contribution in [2.45, 2.75) is 12.1 Å². The van der Waals surface area contributed by atoms with Crippen molar-refractivity contribution >= 4 is 27.5 Å². The number of halogens is 2. The number of hydrogen-bond acceptors (Lipinski definition) is 4. The van der Waals surface area contributed by atoms with Crippen LogP contribution in [0.5, 0.6) is 11.5 Å². The second-order valence-electron chi connectivity index (χ2n) is 5.75. The zero-order valence-electron chi connectivity index (χ0n) is 13.2. The molecule has 2 atom stereocenters. The van der Waals surface area contributed by atoms with Crippen LogP contribution in [0.3, 0.4) is 0 Å². The molecule has 3 rings (SSSR count). The maximum atomic E-state index is 5.88. The Morgan fingerprint density at radius 2 is 1.38 bits per heavy atom. The lowest BCUT2D eigenvalue weighted by atomic mass is 10.1. The minimum absolute atomic E-state index is 0.243. The van der Waals surface area contributed by atoms with Gasteiger partial charge in [0, 0.05) is 22.6 Å². The maximum Gasteiger partial charge on any atom is 0.119 e. The van der Waals surface area contributed by atoms with Crippen molar-refractivity contribution in [3.05, 3.63) is 58.0 Å². The molecule has 0 amide bonds. The Morgan fingerprint density at radius 1 is 0.875 bits per heavy atom. The van der Waals surface area contributed by atoms with Crippen LogP contribution in [0.2, 0.25) is 5.02 Å². The second-order valence-corrected chi connectivity index (χ2v) is 7.10. The van der Waals surface area contributed by atoms with Crippen LogP contribution >= 0.6 is 27.5 Å². The summed E-state index contributed by atoms with van der Waals surface area (Å²) in [5, 5.41) is 7.71. The average Bonchev–Trinajstić information content (AvgIpc) is 2.61. The molecule has 2 N–H and O–H groups in total. The van der Waals surface area contributed by atoms with Crippen LogP contribution in [-0.4, -0.2) is 38.4 Å². The van der Waals surface area contributed by atoms with Crippen LogP contribution in [0.15, 0.2) is 53.0 Å². The molecule has 0 aromatic heterocycles. The second kappa shape index (κ2) is 8.72. The van der Waals surface area contributed by atoms with Gasteiger partial charge in [-0.25, -0.2) is 0 Å². The van der Waals surface area contributed by atoms with Crippen molar-refractivity contribution in [2.75, 3.05) is 26.3 Å². The third-order valence-electron chi connectivity index (χ3n) is 3.78. The van der Waals surface area contributed by atoms with E-state index in [4.69, 9.17) is 21.1 Å². The monoisotopic (exact) mass is 410 g/mol. The zero-order chi connectivity index (χ0) is 16.8. The van der Waals surface area contributed by atoms with Crippen LogP contribution in [0.1, 0.15) is 0 Å². The van der Waals surface area contributed by atoms with Gasteiger partial charge in [-0.05, 0) is 48.5 Å². The fraction of sp³-hybridized carbons (Fsp3) is 0.333. The highest BCUT2D eigenvalue weighted by Crippen LogP contribution is 2.17. The highest BCUT2D eigenvalue weighted by atomic mass is 79.9. The first kappa shape index (κ1) is 17.5. The van der Waals surface area contributed by atoms with E-state index in [0.29, 0.717) is 18.2 Å². The molecule has 0 radical (unpaired) electrons. The van der Waals surface area contributed by atoms with Gasteiger partial charge in [0.1, 0.15) is 24.7 Å². The molecular weight excluding hydrogens is 392 g/mol. The minimum atomic E-state index is 0.243. The predicted octanol–water partition coefficient (Wildman–Crippen LogP) is 3.49. The quantitative estimate of drug-likeness (QED) is 0.763. The van der Waals surface area contributed by atoms with E-state index >= 15 is 0 Å². The van der Waals surface area contributed by atoms with Gasteiger partial charge in [-0.1, -0.05) is 27.5 Å². The molecule has 2 aromatic rings. The third kappa shape index (κ3) is 5.38. The average molecular weight is 412 g/mol. The van der Waals surface area contributed by atoms with Crippen LogP contribution in [0, 0.1) is 0 Å². The smallest absolute Gasteiger partial charge is 0.119 e. The van der Waals surface area contributed by atoms with Crippen molar-refractivity contribution in [3.8, 4) is 11.5 Å². The fourth-order valence-corrected chi connectivity index (χ4v) is 2.94. The van der Waals surface area contributed by atoms with Gasteiger partial charge in [-0.2, -0.15) is 0 Å². The van der Waals surface area contributed by atoms with Crippen molar-refractivity contribution < 1.29 is 9.47 Å². The van der Waals surface area contributed by atoms with Crippen LogP contribution in [-0.2, 0) is 0 Å². The van der Waals surface area contributed by atoms with Crippen LogP contribution < -0.4 is 20.1 Å². The number of ether oxygens (including phenoxy) is 2. The van der Waals surface area contributed by atoms with E-state index in [1.807, 2.05) is 48.5 Å². The summed E-state index contributed by atoms with van der Waals surface area (Å²) in [7, 11) is 0. The molecule has 0 spiro atoms. The molecule has 1 fully saturated rings. The summed E-state index contributed by atoms with van der Waals surface area (Å²) in [6.45, 7) is 2.98. The Balaban J connectivity index is 1.43. The SMILES string of the molecule is Clc1ccc(OC[C@H]2CNC[C@H](COc3ccc(Br)cc3)N2)cc1. The molecule has 1 heterocycles. The van der Waals surface area contributed by atoms with Gasteiger partial charge >= 0.3 is 0 Å². The normalized spacial score (nSPS) is 20.6. The van der Waals surface area contributed by atoms with E-state index < -0.39 is 0 Å². The van der Waals surface area contributed by atoms with Crippen molar-refractivity contribution in [1.82, 2.24) is 10.6 Å². The predicted molar refractivity (Wildman–Crippen MR) is 100 cm³/mol. The third-order valence-corrected chi connectivity index (χ3v) is 4.56. The summed E-state index contributed by atoms with van der Waals surface area (Å²) in [4.78, 5) is 0. The van der Waals surface area contributed by atoms with E-state index in [2.05, 4.69) is 26.6 Å². The van der Waals surface area contributed by atoms with E-state index in [-0.39, 0.29) is 12.1 Å². The molecular formula is C18H20BrClN2O2. The lowest BCUT2D eigenvalue weighted by molar-refractivity contribution is 0.186. The molecule has 0 unspecified atom stereocenters. The number of hydrogen-bond donors (Lipinski definition) is 2. The number of rotatable bonds is 6. The first-order valence-corrected chi connectivity index (χ1v) is 9.09. The lowest BCUT2D eigenvalue weighted by Gasteiger charge is -2.31. The summed E-state index contributed by atoms with van der Waals surface area (Å²) in [6.07, 6.45) is 0. The minimum Gasteiger partial charge on any atom is -0.492 e. The molecule has 6 heteroatoms. The maximum absolute atomic E-state index is 5.88. The van der Waals surface area contributed by atoms with Crippen LogP contribution in [0.25, 0.3) is 0 Å². The number of nitrogens with one attached hydrogen (secondary N) is 2. The largest absolute Gasteiger partial charge is 0.492 e.